The van der Waals surface area contributed by atoms with Crippen LogP contribution < -0.4 is 5.73 Å². The Morgan fingerprint density at radius 3 is 2.65 bits per heavy atom. The van der Waals surface area contributed by atoms with Crippen molar-refractivity contribution in [3.05, 3.63) is 0 Å². The molecule has 0 aromatic rings. The molecular weight excluding hydrogens is 248 g/mol. The first-order chi connectivity index (χ1) is 9.59. The summed E-state index contributed by atoms with van der Waals surface area (Å²) >= 11 is 0. The van der Waals surface area contributed by atoms with Gasteiger partial charge in [0.1, 0.15) is 5.54 Å². The van der Waals surface area contributed by atoms with Crippen molar-refractivity contribution < 1.29 is 0 Å². The fourth-order valence-corrected chi connectivity index (χ4v) is 3.87. The fraction of sp³-hybridized carbons (Fsp3) is 0.938. The molecule has 1 saturated carbocycles. The molecule has 4 nitrogen and oxygen atoms in total. The lowest BCUT2D eigenvalue weighted by atomic mass is 9.86. The van der Waals surface area contributed by atoms with Crippen LogP contribution in [0.1, 0.15) is 45.4 Å². The number of nitrogens with zero attached hydrogens (tertiary/aromatic N) is 3. The Labute approximate surface area is 123 Å². The zero-order valence-electron chi connectivity index (χ0n) is 13.1. The Morgan fingerprint density at radius 1 is 1.35 bits per heavy atom. The minimum atomic E-state index is -0.549. The Kier molecular flexibility index (Phi) is 5.42. The van der Waals surface area contributed by atoms with Crippen molar-refractivity contribution in [2.45, 2.75) is 57.0 Å². The fourth-order valence-electron chi connectivity index (χ4n) is 3.87. The molecular formula is C16H30N4. The van der Waals surface area contributed by atoms with Crippen molar-refractivity contribution >= 4 is 0 Å². The van der Waals surface area contributed by atoms with E-state index in [9.17, 15) is 5.26 Å². The molecule has 1 saturated heterocycles. The van der Waals surface area contributed by atoms with Crippen molar-refractivity contribution in [1.29, 1.82) is 5.26 Å². The Bertz CT molecular complexity index is 343. The van der Waals surface area contributed by atoms with Gasteiger partial charge in [-0.1, -0.05) is 13.3 Å². The van der Waals surface area contributed by atoms with E-state index in [1.807, 2.05) is 0 Å². The average molecular weight is 278 g/mol. The molecule has 0 aromatic heterocycles. The number of hydrogen-bond acceptors (Lipinski definition) is 4. The van der Waals surface area contributed by atoms with Crippen LogP contribution in [-0.4, -0.2) is 54.6 Å². The number of piperidine rings is 1. The first-order valence-corrected chi connectivity index (χ1v) is 8.21. The number of nitriles is 1. The maximum Gasteiger partial charge on any atom is 0.107 e. The van der Waals surface area contributed by atoms with Gasteiger partial charge in [0.2, 0.25) is 0 Å². The molecule has 2 rings (SSSR count). The predicted octanol–water partition coefficient (Wildman–Crippen LogP) is 1.81. The smallest absolute Gasteiger partial charge is 0.107 e. The second-order valence-corrected chi connectivity index (χ2v) is 6.68. The van der Waals surface area contributed by atoms with E-state index in [2.05, 4.69) is 29.8 Å². The summed E-state index contributed by atoms with van der Waals surface area (Å²) in [4.78, 5) is 5.03. The Hall–Kier alpha value is -0.630. The van der Waals surface area contributed by atoms with Crippen molar-refractivity contribution in [3.8, 4) is 6.07 Å². The molecule has 2 fully saturated rings. The maximum atomic E-state index is 9.27. The van der Waals surface area contributed by atoms with Gasteiger partial charge in [-0.3, -0.25) is 0 Å². The predicted molar refractivity (Wildman–Crippen MR) is 82.3 cm³/mol. The molecule has 0 aromatic carbocycles. The molecule has 2 unspecified atom stereocenters. The molecule has 2 N–H and O–H groups in total. The van der Waals surface area contributed by atoms with Gasteiger partial charge >= 0.3 is 0 Å². The Morgan fingerprint density at radius 2 is 2.05 bits per heavy atom. The first kappa shape index (κ1) is 15.8. The summed E-state index contributed by atoms with van der Waals surface area (Å²) in [5.41, 5.74) is 5.67. The molecule has 0 bridgehead atoms. The summed E-state index contributed by atoms with van der Waals surface area (Å²) in [6.45, 7) is 6.97. The first-order valence-electron chi connectivity index (χ1n) is 8.21. The van der Waals surface area contributed by atoms with Gasteiger partial charge in [0, 0.05) is 6.04 Å². The van der Waals surface area contributed by atoms with Crippen LogP contribution in [0.3, 0.4) is 0 Å². The van der Waals surface area contributed by atoms with E-state index in [0.29, 0.717) is 12.0 Å². The SMILES string of the molecule is CCN1CCC(N(C)CCC2CCCC2(N)C#N)CC1. The van der Waals surface area contributed by atoms with Gasteiger partial charge in [-0.15, -0.1) is 0 Å². The van der Waals surface area contributed by atoms with Crippen molar-refractivity contribution in [2.24, 2.45) is 11.7 Å². The van der Waals surface area contributed by atoms with Gasteiger partial charge in [0.05, 0.1) is 6.07 Å². The van der Waals surface area contributed by atoms with Gasteiger partial charge in [0.25, 0.3) is 0 Å². The largest absolute Gasteiger partial charge is 0.313 e. The summed E-state index contributed by atoms with van der Waals surface area (Å²) in [6, 6.07) is 3.08. The van der Waals surface area contributed by atoms with E-state index in [-0.39, 0.29) is 0 Å². The van der Waals surface area contributed by atoms with Crippen molar-refractivity contribution in [1.82, 2.24) is 9.80 Å². The van der Waals surface area contributed by atoms with Crippen molar-refractivity contribution in [2.75, 3.05) is 33.2 Å². The van der Waals surface area contributed by atoms with Crippen LogP contribution in [0.4, 0.5) is 0 Å². The third-order valence-electron chi connectivity index (χ3n) is 5.54. The highest BCUT2D eigenvalue weighted by Gasteiger charge is 2.39. The number of nitrogens with two attached hydrogens (primary N) is 1. The van der Waals surface area contributed by atoms with E-state index in [0.717, 1.165) is 32.2 Å². The third-order valence-corrected chi connectivity index (χ3v) is 5.54. The minimum absolute atomic E-state index is 0.394. The molecule has 0 spiro atoms. The molecule has 2 atom stereocenters. The number of likely N-dealkylation sites (tertiary alicyclic amines) is 1. The molecule has 1 aliphatic heterocycles. The maximum absolute atomic E-state index is 9.27. The number of hydrogen-bond donors (Lipinski definition) is 1. The second-order valence-electron chi connectivity index (χ2n) is 6.68. The highest BCUT2D eigenvalue weighted by molar-refractivity contribution is 5.12. The highest BCUT2D eigenvalue weighted by Crippen LogP contribution is 2.35. The van der Waals surface area contributed by atoms with Crippen LogP contribution in [0, 0.1) is 17.2 Å². The van der Waals surface area contributed by atoms with Gasteiger partial charge in [-0.2, -0.15) is 5.26 Å². The zero-order valence-corrected chi connectivity index (χ0v) is 13.1. The lowest BCUT2D eigenvalue weighted by molar-refractivity contribution is 0.124. The van der Waals surface area contributed by atoms with Gasteiger partial charge in [0.15, 0.2) is 0 Å². The topological polar surface area (TPSA) is 56.3 Å². The summed E-state index contributed by atoms with van der Waals surface area (Å²) in [6.07, 6.45) is 6.77. The standard InChI is InChI=1S/C16H30N4/c1-3-20-11-7-15(8-12-20)19(2)10-6-14-5-4-9-16(14,18)13-17/h14-15H,3-12,18H2,1-2H3. The van der Waals surface area contributed by atoms with E-state index in [1.54, 1.807) is 0 Å². The van der Waals surface area contributed by atoms with Crippen molar-refractivity contribution in [3.63, 3.8) is 0 Å². The van der Waals surface area contributed by atoms with Gasteiger partial charge in [-0.25, -0.2) is 0 Å². The van der Waals surface area contributed by atoms with E-state index in [4.69, 9.17) is 5.73 Å². The molecule has 0 radical (unpaired) electrons. The normalized spacial score (nSPS) is 32.6. The lowest BCUT2D eigenvalue weighted by Gasteiger charge is -2.37. The lowest BCUT2D eigenvalue weighted by Crippen LogP contribution is -2.46. The van der Waals surface area contributed by atoms with Gasteiger partial charge < -0.3 is 15.5 Å². The molecule has 1 aliphatic carbocycles. The van der Waals surface area contributed by atoms with Crippen LogP contribution in [0.15, 0.2) is 0 Å². The quantitative estimate of drug-likeness (QED) is 0.833. The monoisotopic (exact) mass is 278 g/mol. The van der Waals surface area contributed by atoms with E-state index >= 15 is 0 Å². The molecule has 1 heterocycles. The molecule has 114 valence electrons. The summed E-state index contributed by atoms with van der Waals surface area (Å²) < 4.78 is 0. The molecule has 20 heavy (non-hydrogen) atoms. The molecule has 4 heteroatoms. The van der Waals surface area contributed by atoms with Crippen LogP contribution in [0.25, 0.3) is 0 Å². The summed E-state index contributed by atoms with van der Waals surface area (Å²) in [5.74, 6) is 0.394. The Balaban J connectivity index is 1.76. The zero-order chi connectivity index (χ0) is 14.6. The second kappa shape index (κ2) is 6.89. The van der Waals surface area contributed by atoms with Crippen LogP contribution in [-0.2, 0) is 0 Å². The van der Waals surface area contributed by atoms with E-state index in [1.165, 1.54) is 32.5 Å². The molecule has 0 amide bonds. The average Bonchev–Trinajstić information content (AvgIpc) is 2.86. The third kappa shape index (κ3) is 3.52. The summed E-state index contributed by atoms with van der Waals surface area (Å²) in [7, 11) is 2.24. The van der Waals surface area contributed by atoms with E-state index < -0.39 is 5.54 Å². The van der Waals surface area contributed by atoms with Gasteiger partial charge in [-0.05, 0) is 71.2 Å². The van der Waals surface area contributed by atoms with Crippen LogP contribution in [0.5, 0.6) is 0 Å². The number of rotatable bonds is 5. The van der Waals surface area contributed by atoms with Crippen LogP contribution in [0.2, 0.25) is 0 Å². The van der Waals surface area contributed by atoms with Crippen LogP contribution >= 0.6 is 0 Å². The minimum Gasteiger partial charge on any atom is -0.313 e. The highest BCUT2D eigenvalue weighted by atomic mass is 15.2. The summed E-state index contributed by atoms with van der Waals surface area (Å²) in [5, 5.41) is 9.27. The molecule has 2 aliphatic rings.